The van der Waals surface area contributed by atoms with Gasteiger partial charge in [-0.05, 0) is 34.2 Å². The van der Waals surface area contributed by atoms with Crippen molar-refractivity contribution in [2.45, 2.75) is 39.5 Å². The maximum Gasteiger partial charge on any atom is 0.109 e. The van der Waals surface area contributed by atoms with Crippen molar-refractivity contribution in [2.24, 2.45) is 0 Å². The Morgan fingerprint density at radius 3 is 2.10 bits per heavy atom. The van der Waals surface area contributed by atoms with Crippen molar-refractivity contribution in [2.75, 3.05) is 0 Å². The molecule has 150 valence electrons. The largest absolute Gasteiger partial charge is 0.342 e. The lowest BCUT2D eigenvalue weighted by molar-refractivity contribution is 0.795. The van der Waals surface area contributed by atoms with Crippen LogP contribution in [-0.2, 0) is 0 Å². The molecule has 2 aromatic heterocycles. The molecule has 2 N–H and O–H groups in total. The molecule has 5 rings (SSSR count). The van der Waals surface area contributed by atoms with Gasteiger partial charge in [-0.2, -0.15) is 0 Å². The number of H-pyrrole nitrogens is 2. The van der Waals surface area contributed by atoms with Crippen molar-refractivity contribution in [3.8, 4) is 22.4 Å². The van der Waals surface area contributed by atoms with E-state index in [1.54, 1.807) is 0 Å². The zero-order valence-electron chi connectivity index (χ0n) is 17.8. The lowest BCUT2D eigenvalue weighted by Crippen LogP contribution is -1.89. The van der Waals surface area contributed by atoms with Gasteiger partial charge in [-0.3, -0.25) is 0 Å². The summed E-state index contributed by atoms with van der Waals surface area (Å²) in [6, 6.07) is 19.6. The molecule has 0 aliphatic rings. The van der Waals surface area contributed by atoms with Crippen LogP contribution in [0.1, 0.15) is 51.2 Å². The smallest absolute Gasteiger partial charge is 0.109 e. The minimum atomic E-state index is 0.386. The monoisotopic (exact) mass is 394 g/mol. The van der Waals surface area contributed by atoms with Gasteiger partial charge >= 0.3 is 0 Å². The number of fused-ring (bicyclic) bond motifs is 3. The fourth-order valence-corrected chi connectivity index (χ4v) is 3.89. The van der Waals surface area contributed by atoms with E-state index in [1.165, 1.54) is 21.9 Å². The maximum absolute atomic E-state index is 4.84. The first-order valence-corrected chi connectivity index (χ1v) is 10.6. The minimum absolute atomic E-state index is 0.386. The van der Waals surface area contributed by atoms with Gasteiger partial charge in [-0.25, -0.2) is 9.97 Å². The molecule has 0 atom stereocenters. The third kappa shape index (κ3) is 3.18. The predicted molar refractivity (Wildman–Crippen MR) is 125 cm³/mol. The average Bonchev–Trinajstić information content (AvgIpc) is 3.41. The van der Waals surface area contributed by atoms with Crippen molar-refractivity contribution in [3.63, 3.8) is 0 Å². The van der Waals surface area contributed by atoms with E-state index in [4.69, 9.17) is 4.98 Å². The highest BCUT2D eigenvalue weighted by molar-refractivity contribution is 6.05. The van der Waals surface area contributed by atoms with Gasteiger partial charge in [-0.1, -0.05) is 70.2 Å². The predicted octanol–water partition coefficient (Wildman–Crippen LogP) is 7.02. The number of aromatic nitrogens is 4. The molecule has 2 heterocycles. The van der Waals surface area contributed by atoms with Crippen LogP contribution < -0.4 is 0 Å². The van der Waals surface area contributed by atoms with Crippen molar-refractivity contribution in [1.29, 1.82) is 0 Å². The third-order valence-electron chi connectivity index (χ3n) is 5.70. The summed E-state index contributed by atoms with van der Waals surface area (Å²) in [5, 5.41) is 2.40. The molecule has 3 aromatic carbocycles. The second-order valence-electron chi connectivity index (χ2n) is 8.59. The molecule has 0 fully saturated rings. The Morgan fingerprint density at radius 2 is 1.40 bits per heavy atom. The summed E-state index contributed by atoms with van der Waals surface area (Å²) < 4.78 is 0. The van der Waals surface area contributed by atoms with Crippen molar-refractivity contribution in [3.05, 3.63) is 72.4 Å². The molecule has 4 heteroatoms. The van der Waals surface area contributed by atoms with Crippen LogP contribution in [0, 0.1) is 0 Å². The first-order chi connectivity index (χ1) is 14.5. The molecule has 0 saturated carbocycles. The second-order valence-corrected chi connectivity index (χ2v) is 8.59. The lowest BCUT2D eigenvalue weighted by atomic mass is 9.99. The van der Waals surface area contributed by atoms with E-state index in [1.807, 2.05) is 6.20 Å². The van der Waals surface area contributed by atoms with E-state index < -0.39 is 0 Å². The zero-order chi connectivity index (χ0) is 20.8. The van der Waals surface area contributed by atoms with E-state index >= 15 is 0 Å². The van der Waals surface area contributed by atoms with E-state index in [9.17, 15) is 0 Å². The van der Waals surface area contributed by atoms with Crippen LogP contribution in [0.4, 0.5) is 0 Å². The molecule has 0 spiro atoms. The normalized spacial score (nSPS) is 11.9. The number of nitrogens with one attached hydrogen (secondary N) is 2. The SMILES string of the molecule is CC(C)c1ncc(-c2ccc(-c3ccc4c(ccc5[nH]c(C(C)C)nc54)c3)cc2)[nH]1. The molecule has 5 aromatic rings. The first kappa shape index (κ1) is 18.6. The minimum Gasteiger partial charge on any atom is -0.342 e. The van der Waals surface area contributed by atoms with E-state index in [-0.39, 0.29) is 0 Å². The molecular weight excluding hydrogens is 368 g/mol. The van der Waals surface area contributed by atoms with Gasteiger partial charge in [0.15, 0.2) is 0 Å². The third-order valence-corrected chi connectivity index (χ3v) is 5.70. The van der Waals surface area contributed by atoms with Gasteiger partial charge in [0.25, 0.3) is 0 Å². The van der Waals surface area contributed by atoms with Crippen LogP contribution >= 0.6 is 0 Å². The molecule has 0 aliphatic carbocycles. The Bertz CT molecular complexity index is 1340. The van der Waals surface area contributed by atoms with Gasteiger partial charge < -0.3 is 9.97 Å². The average molecular weight is 395 g/mol. The summed E-state index contributed by atoms with van der Waals surface area (Å²) in [7, 11) is 0. The molecule has 4 nitrogen and oxygen atoms in total. The van der Waals surface area contributed by atoms with Crippen LogP contribution in [0.5, 0.6) is 0 Å². The van der Waals surface area contributed by atoms with E-state index in [2.05, 4.69) is 97.2 Å². The number of nitrogens with zero attached hydrogens (tertiary/aromatic N) is 2. The van der Waals surface area contributed by atoms with Gasteiger partial charge in [0.1, 0.15) is 11.6 Å². The number of hydrogen-bond acceptors (Lipinski definition) is 2. The quantitative estimate of drug-likeness (QED) is 0.344. The molecule has 0 aliphatic heterocycles. The number of rotatable bonds is 4. The molecule has 0 saturated heterocycles. The highest BCUT2D eigenvalue weighted by Crippen LogP contribution is 2.31. The van der Waals surface area contributed by atoms with E-state index in [0.717, 1.165) is 33.9 Å². The summed E-state index contributed by atoms with van der Waals surface area (Å²) in [4.78, 5) is 16.2. The van der Waals surface area contributed by atoms with Gasteiger partial charge in [-0.15, -0.1) is 0 Å². The molecule has 0 amide bonds. The second kappa shape index (κ2) is 7.13. The summed E-state index contributed by atoms with van der Waals surface area (Å²) in [6.07, 6.45) is 1.92. The summed E-state index contributed by atoms with van der Waals surface area (Å²) >= 11 is 0. The molecule has 30 heavy (non-hydrogen) atoms. The van der Waals surface area contributed by atoms with Crippen molar-refractivity contribution < 1.29 is 0 Å². The topological polar surface area (TPSA) is 57.4 Å². The molecular formula is C26H26N4. The van der Waals surface area contributed by atoms with Crippen LogP contribution in [0.25, 0.3) is 44.2 Å². The Hall–Kier alpha value is -3.40. The lowest BCUT2D eigenvalue weighted by Gasteiger charge is -2.06. The summed E-state index contributed by atoms with van der Waals surface area (Å²) in [6.45, 7) is 8.61. The number of aromatic amines is 2. The summed E-state index contributed by atoms with van der Waals surface area (Å²) in [5.74, 6) is 2.84. The van der Waals surface area contributed by atoms with Crippen LogP contribution in [0.2, 0.25) is 0 Å². The van der Waals surface area contributed by atoms with Crippen LogP contribution in [0.15, 0.2) is 60.8 Å². The zero-order valence-corrected chi connectivity index (χ0v) is 17.8. The molecule has 0 radical (unpaired) electrons. The van der Waals surface area contributed by atoms with Crippen LogP contribution in [-0.4, -0.2) is 19.9 Å². The number of hydrogen-bond donors (Lipinski definition) is 2. The Kier molecular flexibility index (Phi) is 4.43. The fourth-order valence-electron chi connectivity index (χ4n) is 3.89. The van der Waals surface area contributed by atoms with E-state index in [0.29, 0.717) is 11.8 Å². The number of imidazole rings is 2. The first-order valence-electron chi connectivity index (χ1n) is 10.6. The highest BCUT2D eigenvalue weighted by Gasteiger charge is 2.11. The Morgan fingerprint density at radius 1 is 0.700 bits per heavy atom. The highest BCUT2D eigenvalue weighted by atomic mass is 14.9. The van der Waals surface area contributed by atoms with Gasteiger partial charge in [0.05, 0.1) is 22.9 Å². The Balaban J connectivity index is 1.50. The molecule has 0 unspecified atom stereocenters. The Labute approximate surface area is 176 Å². The maximum atomic E-state index is 4.84. The summed E-state index contributed by atoms with van der Waals surface area (Å²) in [5.41, 5.74) is 6.78. The van der Waals surface area contributed by atoms with Gasteiger partial charge in [0, 0.05) is 17.2 Å². The van der Waals surface area contributed by atoms with Crippen molar-refractivity contribution in [1.82, 2.24) is 19.9 Å². The van der Waals surface area contributed by atoms with Crippen LogP contribution in [0.3, 0.4) is 0 Å². The van der Waals surface area contributed by atoms with Gasteiger partial charge in [0.2, 0.25) is 0 Å². The van der Waals surface area contributed by atoms with Crippen molar-refractivity contribution >= 4 is 21.8 Å². The molecule has 0 bridgehead atoms. The fraction of sp³-hybridized carbons (Fsp3) is 0.231. The number of benzene rings is 3. The standard InChI is InChI=1S/C26H26N4/c1-15(2)25-27-14-23(29-25)18-7-5-17(6-8-18)19-9-11-21-20(13-19)10-12-22-24(21)30-26(28-22)16(3)4/h5-16H,1-4H3,(H,27,29)(H,28,30).